The number of carbonyl (C=O) groups excluding carboxylic acids is 6. The molecule has 0 saturated carbocycles. The Morgan fingerprint density at radius 3 is 1.81 bits per heavy atom. The number of ether oxygens (including phenoxy) is 2. The Hall–Kier alpha value is -12.5. The SMILES string of the molecule is CC[N+]1=C(/C=C/C=C/C=C2/N(CCCCCCC(=O)NCCCC[C@@H](NC(=O)[C@@H](Cc3ccccc3)NC(=O)OCc3ccccc3)C(=O)COC(=O)NC(=O)C3CCN(S(=O)(=O)c4ccccc4-c4c5ccc(N6CCc7ccccc76)cc5[o+]c5cc(N6CCc7ccccc76)ccc45)CC3)c3ccc(S(=O)(=O)[O-])cc3C2(C)C)C(C)(C)c2cc(S(=O)(=O)[O-])ccc21. The molecule has 9 aromatic carbocycles. The molecule has 2 atom stereocenters. The third kappa shape index (κ3) is 20.5. The molecule has 26 nitrogen and oxygen atoms in total. The number of ketones is 1. The summed E-state index contributed by atoms with van der Waals surface area (Å²) < 4.78 is 125. The average Bonchev–Trinajstić information content (AvgIpc) is 1.19. The molecule has 0 bridgehead atoms. The minimum atomic E-state index is -4.77. The van der Waals surface area contributed by atoms with Crippen molar-refractivity contribution in [1.29, 1.82) is 0 Å². The van der Waals surface area contributed by atoms with Crippen LogP contribution in [-0.4, -0.2) is 149 Å². The van der Waals surface area contributed by atoms with Crippen molar-refractivity contribution in [3.05, 3.63) is 276 Å². The number of alkyl carbamates (subject to hydrolysis) is 2. The quantitative estimate of drug-likeness (QED) is 0.00727. The fraction of sp³-hybridized carbons (Fsp3) is 0.320. The van der Waals surface area contributed by atoms with Gasteiger partial charge in [-0.3, -0.25) is 24.5 Å². The molecule has 1 fully saturated rings. The van der Waals surface area contributed by atoms with Gasteiger partial charge < -0.3 is 49.2 Å². The summed E-state index contributed by atoms with van der Waals surface area (Å²) in [6.45, 7) is 11.6. The van der Waals surface area contributed by atoms with E-state index in [0.29, 0.717) is 88.5 Å². The molecule has 5 amide bonds. The first-order chi connectivity index (χ1) is 61.9. The van der Waals surface area contributed by atoms with Gasteiger partial charge in [0.15, 0.2) is 18.1 Å². The number of anilines is 5. The number of unbranched alkanes of at least 4 members (excludes halogenated alkanes) is 4. The third-order valence-corrected chi connectivity index (χ3v) is 28.8. The van der Waals surface area contributed by atoms with Gasteiger partial charge in [-0.15, -0.1) is 0 Å². The van der Waals surface area contributed by atoms with Crippen LogP contribution >= 0.6 is 0 Å². The Morgan fingerprint density at radius 1 is 0.574 bits per heavy atom. The summed E-state index contributed by atoms with van der Waals surface area (Å²) in [4.78, 5) is 89.4. The van der Waals surface area contributed by atoms with Gasteiger partial charge in [0.05, 0.1) is 60.4 Å². The normalized spacial score (nSPS) is 16.3. The van der Waals surface area contributed by atoms with Crippen molar-refractivity contribution in [2.45, 2.75) is 162 Å². The number of carbonyl (C=O) groups is 6. The van der Waals surface area contributed by atoms with E-state index in [-0.39, 0.29) is 85.4 Å². The number of benzene rings is 9. The number of rotatable bonds is 34. The van der Waals surface area contributed by atoms with Crippen LogP contribution in [0.5, 0.6) is 0 Å². The van der Waals surface area contributed by atoms with Gasteiger partial charge in [0.1, 0.15) is 39.4 Å². The minimum Gasteiger partial charge on any atom is -0.744 e. The van der Waals surface area contributed by atoms with Gasteiger partial charge in [-0.25, -0.2) is 39.3 Å². The van der Waals surface area contributed by atoms with Gasteiger partial charge in [-0.05, 0) is 185 Å². The number of hydrogen-bond donors (Lipinski definition) is 4. The van der Waals surface area contributed by atoms with Crippen molar-refractivity contribution in [3.63, 3.8) is 0 Å². The lowest BCUT2D eigenvalue weighted by atomic mass is 9.81. The van der Waals surface area contributed by atoms with E-state index in [1.807, 2.05) is 144 Å². The molecule has 15 rings (SSSR count). The number of hydrogen-bond acceptors (Lipinski definition) is 19. The van der Waals surface area contributed by atoms with E-state index < -0.39 is 95.5 Å². The van der Waals surface area contributed by atoms with Crippen molar-refractivity contribution in [1.82, 2.24) is 25.6 Å². The first-order valence-corrected chi connectivity index (χ1v) is 48.1. The Bertz CT molecular complexity index is 6360. The molecular weight excluding hydrogens is 1700 g/mol. The number of sulfonamides is 1. The first-order valence-electron chi connectivity index (χ1n) is 43.9. The van der Waals surface area contributed by atoms with Crippen molar-refractivity contribution < 1.29 is 81.6 Å². The third-order valence-electron chi connectivity index (χ3n) is 25.2. The molecule has 670 valence electrons. The van der Waals surface area contributed by atoms with Gasteiger partial charge in [-0.2, -0.15) is 8.88 Å². The zero-order valence-electron chi connectivity index (χ0n) is 72.7. The molecule has 5 aliphatic rings. The number of nitrogens with one attached hydrogen (secondary N) is 4. The molecule has 5 aliphatic heterocycles. The number of Topliss-reactive ketones (excluding diaryl/α,β-unsaturated/α-hetero) is 1. The predicted octanol–water partition coefficient (Wildman–Crippen LogP) is 16.1. The van der Waals surface area contributed by atoms with E-state index in [0.717, 1.165) is 83.4 Å². The van der Waals surface area contributed by atoms with Crippen LogP contribution < -0.4 is 36.0 Å². The molecular formula is C100H105N9O17S3. The number of piperidine rings is 1. The van der Waals surface area contributed by atoms with Crippen LogP contribution in [0, 0.1) is 5.92 Å². The molecule has 0 aliphatic carbocycles. The van der Waals surface area contributed by atoms with Crippen molar-refractivity contribution in [2.24, 2.45) is 5.92 Å². The van der Waals surface area contributed by atoms with E-state index in [9.17, 15) is 54.7 Å². The van der Waals surface area contributed by atoms with Gasteiger partial charge in [0.2, 0.25) is 33.4 Å². The minimum absolute atomic E-state index is 0.00177. The average molecular weight is 1800 g/mol. The summed E-state index contributed by atoms with van der Waals surface area (Å²) in [5, 5.41) is 12.1. The van der Waals surface area contributed by atoms with Crippen molar-refractivity contribution in [2.75, 3.05) is 67.1 Å². The van der Waals surface area contributed by atoms with E-state index in [4.69, 9.17) is 13.9 Å². The van der Waals surface area contributed by atoms with Crippen molar-refractivity contribution >= 4 is 128 Å². The highest BCUT2D eigenvalue weighted by molar-refractivity contribution is 7.89. The molecule has 29 heteroatoms. The number of para-hydroxylation sites is 2. The summed E-state index contributed by atoms with van der Waals surface area (Å²) in [6.07, 6.45) is 12.8. The summed E-state index contributed by atoms with van der Waals surface area (Å²) in [5.41, 5.74) is 13.6. The maximum atomic E-state index is 15.3. The topological polar surface area (TPSA) is 345 Å². The standard InChI is InChI=1S/C100H105N9O17S3/c1-6-106-85-48-44-74(128(118,119)120)63-79(85)99(2,3)91(106)39-16-11-17-40-92-100(4,5)80-64-75(129(121,122)123)45-49-86(80)109(92)55-27-8-7-18-41-93(111)101-54-26-25-35-81(102-96(113)82(60-67-28-12-9-13-29-67)103-97(114)124-65-68-30-14-10-15-31-68)87(110)66-125-98(115)104-95(112)71-50-56-105(57-51-71)127(116,117)90-38-24-21-34-78(90)94-76-46-42-72(107-58-52-69-32-19-22-36-83(69)107)61-88(76)126-89-62-73(43-47-77(89)94)108-59-53-70-33-20-23-37-84(70)108/h9-17,19-24,28-34,36-40,42-49,61-64,71,81-82H,6-8,18,25-27,35,41,50-60,65-66H2,1-5H3,(H4-2,101,102,103,104,111,112,113,114,115,118,119,120,121,122,123)/t81-,82-/m1/s1. The highest BCUT2D eigenvalue weighted by Gasteiger charge is 2.45. The van der Waals surface area contributed by atoms with E-state index in [2.05, 4.69) is 64.8 Å². The van der Waals surface area contributed by atoms with Gasteiger partial charge in [0, 0.05) is 115 Å². The van der Waals surface area contributed by atoms with Crippen LogP contribution in [0.3, 0.4) is 0 Å². The number of allylic oxidation sites excluding steroid dienone is 6. The molecule has 1 aromatic heterocycles. The van der Waals surface area contributed by atoms with Gasteiger partial charge >= 0.3 is 23.4 Å². The largest absolute Gasteiger partial charge is 0.744 e. The van der Waals surface area contributed by atoms with Crippen LogP contribution in [-0.2, 0) is 95.6 Å². The maximum absolute atomic E-state index is 15.3. The van der Waals surface area contributed by atoms with Crippen LogP contribution in [0.4, 0.5) is 43.7 Å². The molecule has 0 radical (unpaired) electrons. The second-order valence-electron chi connectivity index (χ2n) is 34.2. The van der Waals surface area contributed by atoms with Crippen molar-refractivity contribution in [3.8, 4) is 11.1 Å². The van der Waals surface area contributed by atoms with E-state index in [1.165, 1.54) is 39.7 Å². The monoisotopic (exact) mass is 1800 g/mol. The number of imide groups is 1. The fourth-order valence-corrected chi connectivity index (χ4v) is 21.1. The molecule has 129 heavy (non-hydrogen) atoms. The molecule has 4 N–H and O–H groups in total. The lowest BCUT2D eigenvalue weighted by molar-refractivity contribution is -0.433. The van der Waals surface area contributed by atoms with E-state index >= 15 is 8.42 Å². The molecule has 0 unspecified atom stereocenters. The number of fused-ring (bicyclic) bond motifs is 6. The Balaban J connectivity index is 0.565. The predicted molar refractivity (Wildman–Crippen MR) is 493 cm³/mol. The lowest BCUT2D eigenvalue weighted by Gasteiger charge is -2.31. The van der Waals surface area contributed by atoms with Crippen LogP contribution in [0.1, 0.15) is 132 Å². The summed E-state index contributed by atoms with van der Waals surface area (Å²) in [5.74, 6) is -3.24. The molecule has 6 heterocycles. The van der Waals surface area contributed by atoms with Gasteiger partial charge in [-0.1, -0.05) is 160 Å². The van der Waals surface area contributed by atoms with Crippen LogP contribution in [0.2, 0.25) is 0 Å². The maximum Gasteiger partial charge on any atom is 0.414 e. The van der Waals surface area contributed by atoms with Crippen LogP contribution in [0.15, 0.2) is 261 Å². The van der Waals surface area contributed by atoms with E-state index in [1.54, 1.807) is 78.9 Å². The Morgan fingerprint density at radius 2 is 1.17 bits per heavy atom. The summed E-state index contributed by atoms with van der Waals surface area (Å²) in [6, 6.07) is 59.9. The zero-order valence-corrected chi connectivity index (χ0v) is 75.2. The Kier molecular flexibility index (Phi) is 27.7. The summed E-state index contributed by atoms with van der Waals surface area (Å²) in [7, 11) is -13.7. The highest BCUT2D eigenvalue weighted by Crippen LogP contribution is 2.50. The first kappa shape index (κ1) is 91.2. The number of nitrogens with zero attached hydrogens (tertiary/aromatic N) is 5. The second kappa shape index (κ2) is 39.2. The Labute approximate surface area is 752 Å². The second-order valence-corrected chi connectivity index (χ2v) is 38.9. The van der Waals surface area contributed by atoms with Gasteiger partial charge in [0.25, 0.3) is 0 Å². The molecule has 0 spiro atoms. The number of amides is 5. The summed E-state index contributed by atoms with van der Waals surface area (Å²) >= 11 is 0. The molecule has 1 saturated heterocycles. The molecule has 10 aromatic rings. The van der Waals surface area contributed by atoms with Crippen LogP contribution in [0.25, 0.3) is 33.1 Å². The lowest BCUT2D eigenvalue weighted by Crippen LogP contribution is -2.53. The zero-order chi connectivity index (χ0) is 90.9. The smallest absolute Gasteiger partial charge is 0.414 e. The fourth-order valence-electron chi connectivity index (χ4n) is 18.4. The highest BCUT2D eigenvalue weighted by atomic mass is 32.2.